The molecule has 0 bridgehead atoms. The molecule has 0 aliphatic carbocycles. The minimum absolute atomic E-state index is 0.302. The van der Waals surface area contributed by atoms with Gasteiger partial charge in [0.1, 0.15) is 11.4 Å². The third-order valence-electron chi connectivity index (χ3n) is 2.53. The first kappa shape index (κ1) is 13.4. The van der Waals surface area contributed by atoms with E-state index in [2.05, 4.69) is 10.3 Å². The first-order valence-electron chi connectivity index (χ1n) is 5.68. The number of pyridine rings is 1. The molecule has 0 saturated carbocycles. The van der Waals surface area contributed by atoms with Gasteiger partial charge < -0.3 is 10.1 Å². The minimum atomic E-state index is -0.302. The van der Waals surface area contributed by atoms with Gasteiger partial charge in [0.15, 0.2) is 0 Å². The van der Waals surface area contributed by atoms with Crippen LogP contribution in [0.3, 0.4) is 0 Å². The van der Waals surface area contributed by atoms with Gasteiger partial charge in [0.2, 0.25) is 0 Å². The van der Waals surface area contributed by atoms with Gasteiger partial charge >= 0.3 is 0 Å². The molecule has 0 atom stereocenters. The van der Waals surface area contributed by atoms with E-state index in [1.807, 2.05) is 13.0 Å². The van der Waals surface area contributed by atoms with Crippen molar-refractivity contribution in [2.75, 3.05) is 12.4 Å². The molecule has 2 rings (SSSR count). The third kappa shape index (κ3) is 3.23. The fraction of sp³-hybridized carbons (Fsp3) is 0.143. The van der Waals surface area contributed by atoms with Crippen LogP contribution in [0.25, 0.3) is 0 Å². The number of hydrogen-bond acceptors (Lipinski definition) is 3. The maximum atomic E-state index is 12.1. The zero-order chi connectivity index (χ0) is 13.8. The number of anilines is 1. The number of nitrogens with zero attached hydrogens (tertiary/aromatic N) is 1. The van der Waals surface area contributed by atoms with E-state index in [0.29, 0.717) is 22.2 Å². The van der Waals surface area contributed by atoms with E-state index in [9.17, 15) is 4.79 Å². The van der Waals surface area contributed by atoms with Gasteiger partial charge in [-0.25, -0.2) is 4.98 Å². The van der Waals surface area contributed by atoms with E-state index < -0.39 is 0 Å². The van der Waals surface area contributed by atoms with Gasteiger partial charge in [-0.2, -0.15) is 0 Å². The highest BCUT2D eigenvalue weighted by molar-refractivity contribution is 6.31. The van der Waals surface area contributed by atoms with Crippen LogP contribution in [0.4, 0.5) is 5.69 Å². The molecule has 0 aliphatic rings. The Hall–Kier alpha value is -2.07. The predicted octanol–water partition coefficient (Wildman–Crippen LogP) is 3.30. The summed E-state index contributed by atoms with van der Waals surface area (Å²) in [7, 11) is 1.53. The van der Waals surface area contributed by atoms with Crippen molar-refractivity contribution < 1.29 is 9.53 Å². The van der Waals surface area contributed by atoms with Crippen molar-refractivity contribution >= 4 is 23.2 Å². The number of carbonyl (C=O) groups is 1. The zero-order valence-electron chi connectivity index (χ0n) is 10.6. The van der Waals surface area contributed by atoms with Crippen LogP contribution in [0.15, 0.2) is 36.4 Å². The summed E-state index contributed by atoms with van der Waals surface area (Å²) < 4.78 is 5.17. The zero-order valence-corrected chi connectivity index (χ0v) is 11.4. The van der Waals surface area contributed by atoms with Gasteiger partial charge in [-0.1, -0.05) is 17.7 Å². The van der Waals surface area contributed by atoms with Crippen molar-refractivity contribution in [3.63, 3.8) is 0 Å². The summed E-state index contributed by atoms with van der Waals surface area (Å²) in [5.41, 5.74) is 1.65. The van der Waals surface area contributed by atoms with Crippen LogP contribution in [0.5, 0.6) is 5.75 Å². The highest BCUT2D eigenvalue weighted by Gasteiger charge is 2.11. The number of nitrogens with one attached hydrogen (secondary N) is 1. The predicted molar refractivity (Wildman–Crippen MR) is 74.9 cm³/mol. The molecule has 0 fully saturated rings. The average molecular weight is 277 g/mol. The molecule has 1 N–H and O–H groups in total. The number of halogens is 1. The van der Waals surface area contributed by atoms with Crippen LogP contribution >= 0.6 is 11.6 Å². The number of hydrogen-bond donors (Lipinski definition) is 1. The van der Waals surface area contributed by atoms with Gasteiger partial charge in [0.05, 0.1) is 12.8 Å². The van der Waals surface area contributed by atoms with Gasteiger partial charge in [-0.3, -0.25) is 4.79 Å². The highest BCUT2D eigenvalue weighted by Crippen LogP contribution is 2.27. The Kier molecular flexibility index (Phi) is 4.02. The normalized spacial score (nSPS) is 10.1. The Morgan fingerprint density at radius 3 is 2.79 bits per heavy atom. The summed E-state index contributed by atoms with van der Waals surface area (Å²) in [6.45, 7) is 1.83. The van der Waals surface area contributed by atoms with Gasteiger partial charge in [0, 0.05) is 10.7 Å². The van der Waals surface area contributed by atoms with Crippen LogP contribution < -0.4 is 10.1 Å². The van der Waals surface area contributed by atoms with Gasteiger partial charge in [0.25, 0.3) is 5.91 Å². The van der Waals surface area contributed by atoms with Crippen LogP contribution in [-0.2, 0) is 0 Å². The SMILES string of the molecule is COc1ccc(Cl)cc1NC(=O)c1cccc(C)n1. The van der Waals surface area contributed by atoms with E-state index in [1.165, 1.54) is 7.11 Å². The lowest BCUT2D eigenvalue weighted by Crippen LogP contribution is -2.14. The second kappa shape index (κ2) is 5.71. The molecule has 0 radical (unpaired) electrons. The highest BCUT2D eigenvalue weighted by atomic mass is 35.5. The largest absolute Gasteiger partial charge is 0.495 e. The maximum Gasteiger partial charge on any atom is 0.274 e. The summed E-state index contributed by atoms with van der Waals surface area (Å²) >= 11 is 5.91. The number of carbonyl (C=O) groups excluding carboxylic acids is 1. The molecule has 1 aromatic heterocycles. The Bertz CT molecular complexity index is 614. The fourth-order valence-electron chi connectivity index (χ4n) is 1.63. The molecule has 2 aromatic rings. The second-order valence-corrected chi connectivity index (χ2v) is 4.40. The third-order valence-corrected chi connectivity index (χ3v) is 2.77. The topological polar surface area (TPSA) is 51.2 Å². The standard InChI is InChI=1S/C14H13ClN2O2/c1-9-4-3-5-11(16-9)14(18)17-12-8-10(15)6-7-13(12)19-2/h3-8H,1-2H3,(H,17,18). The number of amides is 1. The lowest BCUT2D eigenvalue weighted by molar-refractivity contribution is 0.102. The van der Waals surface area contributed by atoms with Crippen molar-refractivity contribution in [2.45, 2.75) is 6.92 Å². The maximum absolute atomic E-state index is 12.1. The molecule has 0 unspecified atom stereocenters. The van der Waals surface area contributed by atoms with E-state index >= 15 is 0 Å². The lowest BCUT2D eigenvalue weighted by Gasteiger charge is -2.10. The number of ether oxygens (including phenoxy) is 1. The number of aryl methyl sites for hydroxylation is 1. The first-order chi connectivity index (χ1) is 9.10. The molecular formula is C14H13ClN2O2. The minimum Gasteiger partial charge on any atom is -0.495 e. The summed E-state index contributed by atoms with van der Waals surface area (Å²) in [4.78, 5) is 16.2. The molecule has 5 heteroatoms. The summed E-state index contributed by atoms with van der Waals surface area (Å²) in [6.07, 6.45) is 0. The Morgan fingerprint density at radius 2 is 2.11 bits per heavy atom. The molecule has 4 nitrogen and oxygen atoms in total. The summed E-state index contributed by atoms with van der Waals surface area (Å²) in [6, 6.07) is 10.3. The van der Waals surface area contributed by atoms with Crippen LogP contribution in [0.1, 0.15) is 16.2 Å². The average Bonchev–Trinajstić information content (AvgIpc) is 2.39. The molecule has 0 aliphatic heterocycles. The summed E-state index contributed by atoms with van der Waals surface area (Å²) in [5.74, 6) is 0.245. The van der Waals surface area contributed by atoms with Crippen molar-refractivity contribution in [1.29, 1.82) is 0 Å². The number of benzene rings is 1. The summed E-state index contributed by atoms with van der Waals surface area (Å²) in [5, 5.41) is 3.26. The van der Waals surface area contributed by atoms with E-state index in [0.717, 1.165) is 5.69 Å². The monoisotopic (exact) mass is 276 g/mol. The lowest BCUT2D eigenvalue weighted by atomic mass is 10.2. The molecule has 0 saturated heterocycles. The van der Waals surface area contributed by atoms with Crippen molar-refractivity contribution in [2.24, 2.45) is 0 Å². The number of methoxy groups -OCH3 is 1. The fourth-order valence-corrected chi connectivity index (χ4v) is 1.81. The van der Waals surface area contributed by atoms with Gasteiger partial charge in [-0.15, -0.1) is 0 Å². The molecule has 19 heavy (non-hydrogen) atoms. The number of rotatable bonds is 3. The van der Waals surface area contributed by atoms with Crippen molar-refractivity contribution in [1.82, 2.24) is 4.98 Å². The Balaban J connectivity index is 2.26. The molecule has 1 heterocycles. The molecule has 98 valence electrons. The van der Waals surface area contributed by atoms with E-state index in [4.69, 9.17) is 16.3 Å². The second-order valence-electron chi connectivity index (χ2n) is 3.96. The van der Waals surface area contributed by atoms with Crippen LogP contribution in [-0.4, -0.2) is 18.0 Å². The smallest absolute Gasteiger partial charge is 0.274 e. The quantitative estimate of drug-likeness (QED) is 0.936. The van der Waals surface area contributed by atoms with E-state index in [1.54, 1.807) is 30.3 Å². The van der Waals surface area contributed by atoms with Gasteiger partial charge in [-0.05, 0) is 37.3 Å². The first-order valence-corrected chi connectivity index (χ1v) is 6.06. The van der Waals surface area contributed by atoms with Crippen molar-refractivity contribution in [3.8, 4) is 5.75 Å². The number of aromatic nitrogens is 1. The Morgan fingerprint density at radius 1 is 1.32 bits per heavy atom. The van der Waals surface area contributed by atoms with E-state index in [-0.39, 0.29) is 5.91 Å². The molecule has 1 amide bonds. The Labute approximate surface area is 116 Å². The molecule has 1 aromatic carbocycles. The molecular weight excluding hydrogens is 264 g/mol. The molecule has 0 spiro atoms. The van der Waals surface area contributed by atoms with Crippen molar-refractivity contribution in [3.05, 3.63) is 52.8 Å². The van der Waals surface area contributed by atoms with Crippen LogP contribution in [0.2, 0.25) is 5.02 Å². The van der Waals surface area contributed by atoms with Crippen LogP contribution in [0, 0.1) is 6.92 Å².